The highest BCUT2D eigenvalue weighted by Gasteiger charge is 2.09. The fourth-order valence-electron chi connectivity index (χ4n) is 2.55. The third kappa shape index (κ3) is 2.34. The molecule has 3 heteroatoms. The summed E-state index contributed by atoms with van der Waals surface area (Å²) in [5, 5.41) is 1.85. The first-order chi connectivity index (χ1) is 10.2. The smallest absolute Gasteiger partial charge is 0.249 e. The van der Waals surface area contributed by atoms with Gasteiger partial charge in [-0.3, -0.25) is 4.79 Å². The second-order valence-corrected chi connectivity index (χ2v) is 4.81. The van der Waals surface area contributed by atoms with Gasteiger partial charge in [0.25, 0.3) is 0 Å². The van der Waals surface area contributed by atoms with Crippen LogP contribution < -0.4 is 10.5 Å². The Kier molecular flexibility index (Phi) is 3.32. The largest absolute Gasteiger partial charge is 0.496 e. The molecule has 21 heavy (non-hydrogen) atoms. The number of carbonyl (C=O) groups excluding carboxylic acids is 1. The molecule has 104 valence electrons. The van der Waals surface area contributed by atoms with Crippen molar-refractivity contribution in [1.29, 1.82) is 0 Å². The van der Waals surface area contributed by atoms with Crippen LogP contribution in [-0.2, 0) is 0 Å². The van der Waals surface area contributed by atoms with Gasteiger partial charge in [-0.25, -0.2) is 0 Å². The average molecular weight is 277 g/mol. The van der Waals surface area contributed by atoms with Gasteiger partial charge in [0.05, 0.1) is 7.11 Å². The van der Waals surface area contributed by atoms with Crippen LogP contribution in [0.15, 0.2) is 60.7 Å². The van der Waals surface area contributed by atoms with Crippen molar-refractivity contribution in [1.82, 2.24) is 0 Å². The molecular formula is C18H15NO2. The molecule has 2 N–H and O–H groups in total. The van der Waals surface area contributed by atoms with E-state index in [-0.39, 0.29) is 0 Å². The Labute approximate surface area is 123 Å². The standard InChI is InChI=1S/C18H15NO2/c1-21-17-8-3-2-6-15(17)13-9-10-14-12(11-13)5-4-7-16(14)18(19)20/h2-11H,1H3,(H2,19,20). The van der Waals surface area contributed by atoms with Gasteiger partial charge in [0, 0.05) is 11.1 Å². The lowest BCUT2D eigenvalue weighted by molar-refractivity contribution is 0.100. The number of fused-ring (bicyclic) bond motifs is 1. The van der Waals surface area contributed by atoms with Crippen LogP contribution in [0.1, 0.15) is 10.4 Å². The normalized spacial score (nSPS) is 10.5. The maximum Gasteiger partial charge on any atom is 0.249 e. The predicted molar refractivity (Wildman–Crippen MR) is 84.5 cm³/mol. The first-order valence-electron chi connectivity index (χ1n) is 6.66. The molecule has 3 rings (SSSR count). The molecule has 0 heterocycles. The van der Waals surface area contributed by atoms with Crippen molar-refractivity contribution < 1.29 is 9.53 Å². The number of nitrogens with two attached hydrogens (primary N) is 1. The number of primary amides is 1. The van der Waals surface area contributed by atoms with E-state index < -0.39 is 5.91 Å². The van der Waals surface area contributed by atoms with Gasteiger partial charge < -0.3 is 10.5 Å². The number of hydrogen-bond acceptors (Lipinski definition) is 2. The molecule has 0 aromatic heterocycles. The molecule has 0 unspecified atom stereocenters. The maximum atomic E-state index is 11.5. The van der Waals surface area contributed by atoms with E-state index >= 15 is 0 Å². The van der Waals surface area contributed by atoms with E-state index in [1.54, 1.807) is 13.2 Å². The molecule has 3 aromatic rings. The summed E-state index contributed by atoms with van der Waals surface area (Å²) in [5.41, 5.74) is 8.02. The van der Waals surface area contributed by atoms with Crippen LogP contribution >= 0.6 is 0 Å². The van der Waals surface area contributed by atoms with Crippen LogP contribution in [0.25, 0.3) is 21.9 Å². The molecule has 0 spiro atoms. The lowest BCUT2D eigenvalue weighted by Crippen LogP contribution is -2.11. The lowest BCUT2D eigenvalue weighted by atomic mass is 9.98. The van der Waals surface area contributed by atoms with Crippen LogP contribution in [0, 0.1) is 0 Å². The Balaban J connectivity index is 2.20. The molecule has 0 aliphatic rings. The zero-order valence-corrected chi connectivity index (χ0v) is 11.7. The second-order valence-electron chi connectivity index (χ2n) is 4.81. The third-order valence-corrected chi connectivity index (χ3v) is 3.56. The summed E-state index contributed by atoms with van der Waals surface area (Å²) in [6.07, 6.45) is 0. The number of methoxy groups -OCH3 is 1. The minimum Gasteiger partial charge on any atom is -0.496 e. The number of rotatable bonds is 3. The number of benzene rings is 3. The van der Waals surface area contributed by atoms with Crippen LogP contribution in [0.3, 0.4) is 0 Å². The van der Waals surface area contributed by atoms with Crippen molar-refractivity contribution in [3.05, 3.63) is 66.2 Å². The van der Waals surface area contributed by atoms with E-state index in [4.69, 9.17) is 10.5 Å². The van der Waals surface area contributed by atoms with E-state index in [9.17, 15) is 4.79 Å². The van der Waals surface area contributed by atoms with Gasteiger partial charge >= 0.3 is 0 Å². The quantitative estimate of drug-likeness (QED) is 0.795. The molecule has 3 nitrogen and oxygen atoms in total. The highest BCUT2D eigenvalue weighted by atomic mass is 16.5. The molecule has 0 atom stereocenters. The number of hydrogen-bond donors (Lipinski definition) is 1. The third-order valence-electron chi connectivity index (χ3n) is 3.56. The van der Waals surface area contributed by atoms with Crippen molar-refractivity contribution in [2.45, 2.75) is 0 Å². The molecule has 0 saturated carbocycles. The van der Waals surface area contributed by atoms with Crippen LogP contribution in [0.4, 0.5) is 0 Å². The van der Waals surface area contributed by atoms with Gasteiger partial charge in [-0.15, -0.1) is 0 Å². The van der Waals surface area contributed by atoms with Crippen molar-refractivity contribution in [3.63, 3.8) is 0 Å². The number of carbonyl (C=O) groups is 1. The van der Waals surface area contributed by atoms with Crippen molar-refractivity contribution >= 4 is 16.7 Å². The Morgan fingerprint density at radius 2 is 1.81 bits per heavy atom. The summed E-state index contributed by atoms with van der Waals surface area (Å²) < 4.78 is 5.40. The molecular weight excluding hydrogens is 262 g/mol. The minimum atomic E-state index is -0.411. The van der Waals surface area contributed by atoms with E-state index in [1.807, 2.05) is 54.6 Å². The predicted octanol–water partition coefficient (Wildman–Crippen LogP) is 3.61. The first kappa shape index (κ1) is 13.2. The molecule has 0 aliphatic carbocycles. The molecule has 0 bridgehead atoms. The topological polar surface area (TPSA) is 52.3 Å². The SMILES string of the molecule is COc1ccccc1-c1ccc2c(C(N)=O)cccc2c1. The van der Waals surface area contributed by atoms with Crippen molar-refractivity contribution in [2.75, 3.05) is 7.11 Å². The maximum absolute atomic E-state index is 11.5. The highest BCUT2D eigenvalue weighted by Crippen LogP contribution is 2.32. The Hall–Kier alpha value is -2.81. The Bertz CT molecular complexity index is 824. The van der Waals surface area contributed by atoms with Crippen molar-refractivity contribution in [3.8, 4) is 16.9 Å². The first-order valence-corrected chi connectivity index (χ1v) is 6.66. The summed E-state index contributed by atoms with van der Waals surface area (Å²) in [6, 6.07) is 19.4. The van der Waals surface area contributed by atoms with E-state index in [0.717, 1.165) is 27.6 Å². The van der Waals surface area contributed by atoms with Gasteiger partial charge in [-0.2, -0.15) is 0 Å². The number of para-hydroxylation sites is 1. The molecule has 0 saturated heterocycles. The van der Waals surface area contributed by atoms with Gasteiger partial charge in [0.1, 0.15) is 5.75 Å². The van der Waals surface area contributed by atoms with Crippen LogP contribution in [-0.4, -0.2) is 13.0 Å². The van der Waals surface area contributed by atoms with Crippen LogP contribution in [0.2, 0.25) is 0 Å². The van der Waals surface area contributed by atoms with Crippen molar-refractivity contribution in [2.24, 2.45) is 5.73 Å². The van der Waals surface area contributed by atoms with Gasteiger partial charge in [-0.1, -0.05) is 42.5 Å². The number of amides is 1. The summed E-state index contributed by atoms with van der Waals surface area (Å²) in [4.78, 5) is 11.5. The Morgan fingerprint density at radius 1 is 1.00 bits per heavy atom. The average Bonchev–Trinajstić information content (AvgIpc) is 2.53. The van der Waals surface area contributed by atoms with E-state index in [2.05, 4.69) is 0 Å². The monoisotopic (exact) mass is 277 g/mol. The fourth-order valence-corrected chi connectivity index (χ4v) is 2.55. The summed E-state index contributed by atoms with van der Waals surface area (Å²) >= 11 is 0. The van der Waals surface area contributed by atoms with Gasteiger partial charge in [0.2, 0.25) is 5.91 Å². The lowest BCUT2D eigenvalue weighted by Gasteiger charge is -2.10. The van der Waals surface area contributed by atoms with E-state index in [1.165, 1.54) is 0 Å². The molecule has 0 fully saturated rings. The Morgan fingerprint density at radius 3 is 2.57 bits per heavy atom. The number of ether oxygens (including phenoxy) is 1. The zero-order valence-electron chi connectivity index (χ0n) is 11.7. The van der Waals surface area contributed by atoms with E-state index in [0.29, 0.717) is 5.56 Å². The molecule has 3 aromatic carbocycles. The fraction of sp³-hybridized carbons (Fsp3) is 0.0556. The van der Waals surface area contributed by atoms with Gasteiger partial charge in [-0.05, 0) is 34.5 Å². The minimum absolute atomic E-state index is 0.411. The zero-order chi connectivity index (χ0) is 14.8. The summed E-state index contributed by atoms with van der Waals surface area (Å²) in [6.45, 7) is 0. The molecule has 1 amide bonds. The summed E-state index contributed by atoms with van der Waals surface area (Å²) in [7, 11) is 1.66. The molecule has 0 aliphatic heterocycles. The molecule has 0 radical (unpaired) electrons. The second kappa shape index (κ2) is 5.29. The summed E-state index contributed by atoms with van der Waals surface area (Å²) in [5.74, 6) is 0.411. The highest BCUT2D eigenvalue weighted by molar-refractivity contribution is 6.07. The van der Waals surface area contributed by atoms with Gasteiger partial charge in [0.15, 0.2) is 0 Å². The van der Waals surface area contributed by atoms with Crippen LogP contribution in [0.5, 0.6) is 5.75 Å².